The SMILES string of the molecule is Cc1nnsc1C(=O)Nc1ccc(Oc2cc(-n3cccc3)ncn2)cc1. The summed E-state index contributed by atoms with van der Waals surface area (Å²) in [5.74, 6) is 1.50. The Morgan fingerprint density at radius 3 is 2.63 bits per heavy atom. The Bertz CT molecular complexity index is 1060. The minimum atomic E-state index is -0.233. The molecule has 1 amide bonds. The molecule has 8 nitrogen and oxygen atoms in total. The number of ether oxygens (including phenoxy) is 1. The summed E-state index contributed by atoms with van der Waals surface area (Å²) in [4.78, 5) is 21.0. The molecule has 3 heterocycles. The van der Waals surface area contributed by atoms with Crippen LogP contribution in [0.4, 0.5) is 5.69 Å². The minimum absolute atomic E-state index is 0.233. The number of hydrogen-bond donors (Lipinski definition) is 1. The summed E-state index contributed by atoms with van der Waals surface area (Å²) >= 11 is 1.07. The number of benzene rings is 1. The zero-order valence-corrected chi connectivity index (χ0v) is 15.1. The number of nitrogens with one attached hydrogen (secondary N) is 1. The number of amides is 1. The van der Waals surface area contributed by atoms with E-state index >= 15 is 0 Å². The highest BCUT2D eigenvalue weighted by Crippen LogP contribution is 2.23. The van der Waals surface area contributed by atoms with E-state index in [0.717, 1.165) is 11.5 Å². The van der Waals surface area contributed by atoms with Gasteiger partial charge in [-0.2, -0.15) is 0 Å². The Kier molecular flexibility index (Phi) is 4.58. The van der Waals surface area contributed by atoms with E-state index in [4.69, 9.17) is 4.74 Å². The largest absolute Gasteiger partial charge is 0.439 e. The molecular weight excluding hydrogens is 364 g/mol. The van der Waals surface area contributed by atoms with E-state index in [0.29, 0.717) is 33.7 Å². The van der Waals surface area contributed by atoms with Gasteiger partial charge in [0.15, 0.2) is 0 Å². The summed E-state index contributed by atoms with van der Waals surface area (Å²) < 4.78 is 11.4. The Morgan fingerprint density at radius 1 is 1.15 bits per heavy atom. The fourth-order valence-corrected chi connectivity index (χ4v) is 2.92. The fourth-order valence-electron chi connectivity index (χ4n) is 2.37. The molecule has 4 rings (SSSR count). The Labute approximate surface area is 158 Å². The van der Waals surface area contributed by atoms with Gasteiger partial charge in [0.1, 0.15) is 22.8 Å². The number of rotatable bonds is 5. The van der Waals surface area contributed by atoms with Crippen LogP contribution < -0.4 is 10.1 Å². The van der Waals surface area contributed by atoms with Crippen LogP contribution in [-0.2, 0) is 0 Å². The summed E-state index contributed by atoms with van der Waals surface area (Å²) in [6, 6.07) is 12.6. The molecular formula is C18H14N6O2S. The van der Waals surface area contributed by atoms with E-state index in [2.05, 4.69) is 24.9 Å². The van der Waals surface area contributed by atoms with Gasteiger partial charge in [0.05, 0.1) is 5.69 Å². The number of nitrogens with zero attached hydrogens (tertiary/aromatic N) is 5. The molecule has 3 aromatic heterocycles. The predicted molar refractivity (Wildman–Crippen MR) is 100 cm³/mol. The van der Waals surface area contributed by atoms with Crippen LogP contribution in [0.15, 0.2) is 61.2 Å². The lowest BCUT2D eigenvalue weighted by atomic mass is 10.3. The van der Waals surface area contributed by atoms with Crippen molar-refractivity contribution in [3.05, 3.63) is 71.8 Å². The summed E-state index contributed by atoms with van der Waals surface area (Å²) in [6.45, 7) is 1.75. The van der Waals surface area contributed by atoms with Gasteiger partial charge in [0, 0.05) is 24.1 Å². The van der Waals surface area contributed by atoms with E-state index in [9.17, 15) is 4.79 Å². The van der Waals surface area contributed by atoms with Crippen LogP contribution in [0.1, 0.15) is 15.4 Å². The number of aryl methyl sites for hydroxylation is 1. The molecule has 0 atom stereocenters. The smallest absolute Gasteiger partial charge is 0.269 e. The molecule has 1 aromatic carbocycles. The highest BCUT2D eigenvalue weighted by atomic mass is 32.1. The lowest BCUT2D eigenvalue weighted by Gasteiger charge is -2.08. The maximum atomic E-state index is 12.2. The second-order valence-electron chi connectivity index (χ2n) is 5.57. The van der Waals surface area contributed by atoms with Crippen molar-refractivity contribution in [3.63, 3.8) is 0 Å². The summed E-state index contributed by atoms with van der Waals surface area (Å²) in [5, 5.41) is 6.65. The van der Waals surface area contributed by atoms with Gasteiger partial charge in [0.2, 0.25) is 5.88 Å². The van der Waals surface area contributed by atoms with Crippen LogP contribution in [-0.4, -0.2) is 30.0 Å². The van der Waals surface area contributed by atoms with Gasteiger partial charge in [-0.3, -0.25) is 4.79 Å². The molecule has 0 aliphatic carbocycles. The molecule has 9 heteroatoms. The van der Waals surface area contributed by atoms with Crippen molar-refractivity contribution >= 4 is 23.1 Å². The molecule has 0 spiro atoms. The average Bonchev–Trinajstić information content (AvgIpc) is 3.35. The Hall–Kier alpha value is -3.59. The molecule has 0 saturated heterocycles. The van der Waals surface area contributed by atoms with Gasteiger partial charge >= 0.3 is 0 Å². The van der Waals surface area contributed by atoms with Crippen LogP contribution in [0.5, 0.6) is 11.6 Å². The molecule has 1 N–H and O–H groups in total. The monoisotopic (exact) mass is 378 g/mol. The zero-order chi connectivity index (χ0) is 18.6. The molecule has 0 aliphatic heterocycles. The van der Waals surface area contributed by atoms with Crippen LogP contribution >= 0.6 is 11.5 Å². The van der Waals surface area contributed by atoms with Crippen molar-refractivity contribution in [2.45, 2.75) is 6.92 Å². The molecule has 0 unspecified atom stereocenters. The third kappa shape index (κ3) is 3.82. The number of carbonyl (C=O) groups excluding carboxylic acids is 1. The normalized spacial score (nSPS) is 10.6. The molecule has 4 aromatic rings. The van der Waals surface area contributed by atoms with E-state index in [1.807, 2.05) is 29.1 Å². The topological polar surface area (TPSA) is 94.8 Å². The second kappa shape index (κ2) is 7.34. The number of anilines is 1. The molecule has 27 heavy (non-hydrogen) atoms. The van der Waals surface area contributed by atoms with Crippen molar-refractivity contribution < 1.29 is 9.53 Å². The minimum Gasteiger partial charge on any atom is -0.439 e. The lowest BCUT2D eigenvalue weighted by molar-refractivity contribution is 0.103. The first-order valence-electron chi connectivity index (χ1n) is 8.03. The van der Waals surface area contributed by atoms with Gasteiger partial charge < -0.3 is 14.6 Å². The van der Waals surface area contributed by atoms with Crippen molar-refractivity contribution in [3.8, 4) is 17.4 Å². The first-order chi connectivity index (χ1) is 13.2. The molecule has 0 aliphatic rings. The number of hydrogen-bond acceptors (Lipinski definition) is 7. The van der Waals surface area contributed by atoms with E-state index in [1.54, 1.807) is 37.3 Å². The maximum Gasteiger partial charge on any atom is 0.269 e. The average molecular weight is 378 g/mol. The summed E-state index contributed by atoms with van der Waals surface area (Å²) in [6.07, 6.45) is 5.23. The first kappa shape index (κ1) is 16.9. The van der Waals surface area contributed by atoms with Crippen molar-refractivity contribution in [2.24, 2.45) is 0 Å². The third-order valence-electron chi connectivity index (χ3n) is 3.69. The highest BCUT2D eigenvalue weighted by molar-refractivity contribution is 7.08. The van der Waals surface area contributed by atoms with E-state index < -0.39 is 0 Å². The lowest BCUT2D eigenvalue weighted by Crippen LogP contribution is -2.11. The van der Waals surface area contributed by atoms with Crippen LogP contribution in [0.25, 0.3) is 5.82 Å². The number of aromatic nitrogens is 5. The van der Waals surface area contributed by atoms with Gasteiger partial charge in [-0.05, 0) is 54.9 Å². The van der Waals surface area contributed by atoms with Crippen LogP contribution in [0.2, 0.25) is 0 Å². The molecule has 0 radical (unpaired) electrons. The quantitative estimate of drug-likeness (QED) is 0.571. The second-order valence-corrected chi connectivity index (χ2v) is 6.33. The molecule has 0 fully saturated rings. The fraction of sp³-hybridized carbons (Fsp3) is 0.0556. The standard InChI is InChI=1S/C18H14N6O2S/c1-12-17(27-23-22-12)18(25)21-13-4-6-14(7-5-13)26-16-10-15(19-11-20-16)24-8-2-3-9-24/h2-11H,1H3,(H,21,25). The van der Waals surface area contributed by atoms with Crippen molar-refractivity contribution in [2.75, 3.05) is 5.32 Å². The van der Waals surface area contributed by atoms with Crippen LogP contribution in [0, 0.1) is 6.92 Å². The predicted octanol–water partition coefficient (Wildman–Crippen LogP) is 3.47. The first-order valence-corrected chi connectivity index (χ1v) is 8.80. The summed E-state index contributed by atoms with van der Waals surface area (Å²) in [7, 11) is 0. The Morgan fingerprint density at radius 2 is 1.93 bits per heavy atom. The van der Waals surface area contributed by atoms with E-state index in [-0.39, 0.29) is 5.91 Å². The van der Waals surface area contributed by atoms with E-state index in [1.165, 1.54) is 6.33 Å². The molecule has 0 bridgehead atoms. The van der Waals surface area contributed by atoms with Crippen LogP contribution in [0.3, 0.4) is 0 Å². The Balaban J connectivity index is 1.45. The maximum absolute atomic E-state index is 12.2. The molecule has 134 valence electrons. The number of carbonyl (C=O) groups is 1. The third-order valence-corrected chi connectivity index (χ3v) is 4.52. The van der Waals surface area contributed by atoms with Gasteiger partial charge in [-0.25, -0.2) is 9.97 Å². The highest BCUT2D eigenvalue weighted by Gasteiger charge is 2.13. The van der Waals surface area contributed by atoms with Crippen molar-refractivity contribution in [1.29, 1.82) is 0 Å². The van der Waals surface area contributed by atoms with Gasteiger partial charge in [-0.1, -0.05) is 4.49 Å². The molecule has 0 saturated carbocycles. The zero-order valence-electron chi connectivity index (χ0n) is 14.2. The van der Waals surface area contributed by atoms with Crippen molar-refractivity contribution in [1.82, 2.24) is 24.1 Å². The summed E-state index contributed by atoms with van der Waals surface area (Å²) in [5.41, 5.74) is 1.26. The van der Waals surface area contributed by atoms with Gasteiger partial charge in [0.25, 0.3) is 5.91 Å². The van der Waals surface area contributed by atoms with Gasteiger partial charge in [-0.15, -0.1) is 5.10 Å².